The zero-order valence-corrected chi connectivity index (χ0v) is 14.1. The van der Waals surface area contributed by atoms with Crippen LogP contribution in [-0.2, 0) is 14.4 Å². The van der Waals surface area contributed by atoms with E-state index >= 15 is 0 Å². The number of hydrogen-bond donors (Lipinski definition) is 1. The first-order valence-corrected chi connectivity index (χ1v) is 8.72. The molecule has 0 bridgehead atoms. The maximum absolute atomic E-state index is 12.4. The fourth-order valence-corrected chi connectivity index (χ4v) is 3.88. The molecule has 1 aliphatic heterocycles. The van der Waals surface area contributed by atoms with Crippen molar-refractivity contribution >= 4 is 34.4 Å². The van der Waals surface area contributed by atoms with Crippen LogP contribution in [0.1, 0.15) is 25.7 Å². The Bertz CT molecular complexity index is 940. The van der Waals surface area contributed by atoms with Crippen LogP contribution in [-0.4, -0.2) is 29.2 Å². The van der Waals surface area contributed by atoms with Crippen LogP contribution in [0.25, 0.3) is 11.0 Å². The van der Waals surface area contributed by atoms with Crippen LogP contribution in [0.4, 0.5) is 5.69 Å². The van der Waals surface area contributed by atoms with Gasteiger partial charge in [0.2, 0.25) is 17.7 Å². The third-order valence-electron chi connectivity index (χ3n) is 5.14. The zero-order valence-electron chi connectivity index (χ0n) is 14.1. The van der Waals surface area contributed by atoms with Gasteiger partial charge in [-0.15, -0.1) is 0 Å². The predicted octanol–water partition coefficient (Wildman–Crippen LogP) is 1.91. The van der Waals surface area contributed by atoms with Gasteiger partial charge in [-0.2, -0.15) is 0 Å². The summed E-state index contributed by atoms with van der Waals surface area (Å²) in [5.74, 6) is -1.40. The maximum Gasteiger partial charge on any atom is 0.336 e. The van der Waals surface area contributed by atoms with Crippen LogP contribution in [0.2, 0.25) is 0 Å². The molecule has 0 spiro atoms. The Labute approximate surface area is 149 Å². The third-order valence-corrected chi connectivity index (χ3v) is 5.14. The molecule has 1 saturated carbocycles. The van der Waals surface area contributed by atoms with Gasteiger partial charge in [0, 0.05) is 17.1 Å². The summed E-state index contributed by atoms with van der Waals surface area (Å²) in [6.45, 7) is -0.271. The van der Waals surface area contributed by atoms with Crippen LogP contribution in [0, 0.1) is 11.8 Å². The van der Waals surface area contributed by atoms with Crippen LogP contribution in [0.5, 0.6) is 0 Å². The van der Waals surface area contributed by atoms with Crippen molar-refractivity contribution in [3.05, 3.63) is 40.8 Å². The highest BCUT2D eigenvalue weighted by Crippen LogP contribution is 2.37. The number of fused-ring (bicyclic) bond motifs is 2. The molecule has 1 aromatic heterocycles. The minimum atomic E-state index is -0.443. The van der Waals surface area contributed by atoms with E-state index in [2.05, 4.69) is 5.32 Å². The second-order valence-corrected chi connectivity index (χ2v) is 6.82. The van der Waals surface area contributed by atoms with E-state index in [0.717, 1.165) is 30.6 Å². The highest BCUT2D eigenvalue weighted by atomic mass is 16.4. The number of amides is 3. The van der Waals surface area contributed by atoms with Gasteiger partial charge < -0.3 is 9.73 Å². The number of carbonyl (C=O) groups is 3. The molecule has 1 aromatic carbocycles. The van der Waals surface area contributed by atoms with Gasteiger partial charge in [-0.05, 0) is 37.1 Å². The molecular formula is C19H18N2O5. The quantitative estimate of drug-likeness (QED) is 0.671. The number of anilines is 1. The number of nitrogens with zero attached hydrogens (tertiary/aromatic N) is 1. The van der Waals surface area contributed by atoms with Crippen molar-refractivity contribution in [2.24, 2.45) is 11.8 Å². The Morgan fingerprint density at radius 1 is 1.04 bits per heavy atom. The van der Waals surface area contributed by atoms with Crippen LogP contribution < -0.4 is 10.9 Å². The van der Waals surface area contributed by atoms with E-state index in [1.807, 2.05) is 0 Å². The van der Waals surface area contributed by atoms with Crippen molar-refractivity contribution in [1.29, 1.82) is 0 Å². The Balaban J connectivity index is 1.47. The molecule has 2 heterocycles. The Morgan fingerprint density at radius 2 is 1.73 bits per heavy atom. The van der Waals surface area contributed by atoms with Gasteiger partial charge in [0.05, 0.1) is 11.8 Å². The number of hydrogen-bond acceptors (Lipinski definition) is 5. The summed E-state index contributed by atoms with van der Waals surface area (Å²) >= 11 is 0. The number of rotatable bonds is 3. The van der Waals surface area contributed by atoms with Gasteiger partial charge in [-0.3, -0.25) is 19.3 Å². The molecule has 2 atom stereocenters. The molecule has 4 rings (SSSR count). The molecular weight excluding hydrogens is 336 g/mol. The van der Waals surface area contributed by atoms with E-state index in [1.165, 1.54) is 6.07 Å². The van der Waals surface area contributed by atoms with E-state index in [-0.39, 0.29) is 30.2 Å². The molecule has 1 saturated heterocycles. The normalized spacial score (nSPS) is 22.5. The van der Waals surface area contributed by atoms with Crippen molar-refractivity contribution in [2.45, 2.75) is 25.7 Å². The van der Waals surface area contributed by atoms with E-state index in [1.54, 1.807) is 24.3 Å². The summed E-state index contributed by atoms with van der Waals surface area (Å²) in [6.07, 6.45) is 3.35. The van der Waals surface area contributed by atoms with Crippen LogP contribution >= 0.6 is 0 Å². The lowest BCUT2D eigenvalue weighted by atomic mass is 9.81. The minimum Gasteiger partial charge on any atom is -0.423 e. The monoisotopic (exact) mass is 354 g/mol. The molecule has 7 nitrogen and oxygen atoms in total. The standard InChI is InChI=1S/C19H18N2O5/c22-16(10-21-18(24)13-3-1-2-4-14(13)19(21)25)20-12-6-7-15-11(9-12)5-8-17(23)26-15/h5-9,13-14H,1-4,10H2,(H,20,22)/t13-,14-/m1/s1. The minimum absolute atomic E-state index is 0.227. The highest BCUT2D eigenvalue weighted by Gasteiger charge is 2.48. The first kappa shape index (κ1) is 16.5. The van der Waals surface area contributed by atoms with Crippen LogP contribution in [0.15, 0.2) is 39.5 Å². The zero-order chi connectivity index (χ0) is 18.3. The van der Waals surface area contributed by atoms with Crippen LogP contribution in [0.3, 0.4) is 0 Å². The number of imide groups is 1. The Hall–Kier alpha value is -2.96. The van der Waals surface area contributed by atoms with E-state index in [4.69, 9.17) is 4.42 Å². The lowest BCUT2D eigenvalue weighted by molar-refractivity contribution is -0.142. The first-order valence-electron chi connectivity index (χ1n) is 8.72. The molecule has 1 aliphatic carbocycles. The molecule has 2 aliphatic rings. The average Bonchev–Trinajstić information content (AvgIpc) is 2.87. The molecule has 134 valence electrons. The summed E-state index contributed by atoms with van der Waals surface area (Å²) in [5, 5.41) is 3.36. The summed E-state index contributed by atoms with van der Waals surface area (Å²) in [6, 6.07) is 7.78. The number of benzene rings is 1. The number of carbonyl (C=O) groups excluding carboxylic acids is 3. The van der Waals surface area contributed by atoms with Gasteiger partial charge in [0.15, 0.2) is 0 Å². The van der Waals surface area contributed by atoms with Gasteiger partial charge in [-0.1, -0.05) is 12.8 Å². The maximum atomic E-state index is 12.4. The van der Waals surface area contributed by atoms with Crippen molar-refractivity contribution in [3.8, 4) is 0 Å². The van der Waals surface area contributed by atoms with Crippen molar-refractivity contribution < 1.29 is 18.8 Å². The first-order chi connectivity index (χ1) is 12.5. The third kappa shape index (κ3) is 2.89. The molecule has 2 aromatic rings. The smallest absolute Gasteiger partial charge is 0.336 e. The molecule has 7 heteroatoms. The Morgan fingerprint density at radius 3 is 2.42 bits per heavy atom. The summed E-state index contributed by atoms with van der Waals surface area (Å²) in [4.78, 5) is 49.5. The van der Waals surface area contributed by atoms with E-state index < -0.39 is 11.5 Å². The largest absolute Gasteiger partial charge is 0.423 e. The van der Waals surface area contributed by atoms with Crippen molar-refractivity contribution in [1.82, 2.24) is 4.90 Å². The molecule has 2 fully saturated rings. The van der Waals surface area contributed by atoms with Crippen molar-refractivity contribution in [2.75, 3.05) is 11.9 Å². The van der Waals surface area contributed by atoms with Gasteiger partial charge in [0.25, 0.3) is 0 Å². The number of likely N-dealkylation sites (tertiary alicyclic amines) is 1. The lowest BCUT2D eigenvalue weighted by Gasteiger charge is -2.19. The van der Waals surface area contributed by atoms with Gasteiger partial charge in [-0.25, -0.2) is 4.79 Å². The van der Waals surface area contributed by atoms with Gasteiger partial charge >= 0.3 is 5.63 Å². The topological polar surface area (TPSA) is 96.7 Å². The van der Waals surface area contributed by atoms with Gasteiger partial charge in [0.1, 0.15) is 12.1 Å². The SMILES string of the molecule is O=C(CN1C(=O)[C@@H]2CCCC[C@H]2C1=O)Nc1ccc2oc(=O)ccc2c1. The summed E-state index contributed by atoms with van der Waals surface area (Å²) < 4.78 is 5.05. The summed E-state index contributed by atoms with van der Waals surface area (Å²) in [7, 11) is 0. The fraction of sp³-hybridized carbons (Fsp3) is 0.368. The molecule has 3 amide bonds. The molecule has 26 heavy (non-hydrogen) atoms. The summed E-state index contributed by atoms with van der Waals surface area (Å²) in [5.41, 5.74) is 0.485. The molecule has 0 unspecified atom stereocenters. The van der Waals surface area contributed by atoms with E-state index in [9.17, 15) is 19.2 Å². The Kier molecular flexibility index (Phi) is 4.06. The second-order valence-electron chi connectivity index (χ2n) is 6.82. The fourth-order valence-electron chi connectivity index (χ4n) is 3.88. The lowest BCUT2D eigenvalue weighted by Crippen LogP contribution is -2.38. The van der Waals surface area contributed by atoms with Crippen molar-refractivity contribution in [3.63, 3.8) is 0 Å². The number of nitrogens with one attached hydrogen (secondary N) is 1. The highest BCUT2D eigenvalue weighted by molar-refractivity contribution is 6.08. The molecule has 0 radical (unpaired) electrons. The average molecular weight is 354 g/mol. The second kappa shape index (κ2) is 6.40. The molecule has 1 N–H and O–H groups in total. The van der Waals surface area contributed by atoms with E-state index in [0.29, 0.717) is 16.7 Å². The predicted molar refractivity (Wildman–Crippen MR) is 93.3 cm³/mol.